The molecule has 0 radical (unpaired) electrons. The third-order valence-electron chi connectivity index (χ3n) is 3.82. The first-order valence-corrected chi connectivity index (χ1v) is 8.21. The Balaban J connectivity index is 1.95. The standard InChI is InChI=1S/C18H11F6N5O/c1-25-13-6-5-11(8-12(13)18(22,23)24)29(10-17(19,20)21)9-15-27-28-16(30-15)14-4-2-3-7-26-14/h2-8H,9-10H2. The van der Waals surface area contributed by atoms with E-state index in [0.717, 1.165) is 12.1 Å². The van der Waals surface area contributed by atoms with Gasteiger partial charge in [-0.3, -0.25) is 4.98 Å². The van der Waals surface area contributed by atoms with E-state index in [2.05, 4.69) is 20.0 Å². The molecule has 2 heterocycles. The normalized spacial score (nSPS) is 11.9. The molecular formula is C18H11F6N5O. The summed E-state index contributed by atoms with van der Waals surface area (Å²) in [5.74, 6) is -0.292. The van der Waals surface area contributed by atoms with Gasteiger partial charge in [0.15, 0.2) is 5.69 Å². The number of anilines is 1. The number of nitrogens with zero attached hydrogens (tertiary/aromatic N) is 5. The highest BCUT2D eigenvalue weighted by molar-refractivity contribution is 5.62. The quantitative estimate of drug-likeness (QED) is 0.410. The Kier molecular flexibility index (Phi) is 5.64. The zero-order chi connectivity index (χ0) is 21.9. The summed E-state index contributed by atoms with van der Waals surface area (Å²) in [5, 5.41) is 7.36. The van der Waals surface area contributed by atoms with Gasteiger partial charge in [0.1, 0.15) is 12.2 Å². The Morgan fingerprint density at radius 3 is 2.40 bits per heavy atom. The van der Waals surface area contributed by atoms with Gasteiger partial charge < -0.3 is 9.32 Å². The van der Waals surface area contributed by atoms with Crippen LogP contribution in [0.3, 0.4) is 0 Å². The monoisotopic (exact) mass is 427 g/mol. The lowest BCUT2D eigenvalue weighted by molar-refractivity contribution is -0.136. The van der Waals surface area contributed by atoms with Crippen molar-refractivity contribution in [3.05, 3.63) is 65.5 Å². The van der Waals surface area contributed by atoms with Crippen LogP contribution in [0.5, 0.6) is 0 Å². The molecule has 0 unspecified atom stereocenters. The molecule has 0 bridgehead atoms. The number of hydrogen-bond donors (Lipinski definition) is 0. The molecule has 0 aliphatic heterocycles. The molecule has 0 fully saturated rings. The number of rotatable bonds is 5. The van der Waals surface area contributed by atoms with Gasteiger partial charge in [0.05, 0.1) is 18.7 Å². The Hall–Kier alpha value is -3.62. The van der Waals surface area contributed by atoms with Crippen LogP contribution >= 0.6 is 0 Å². The molecule has 0 spiro atoms. The zero-order valence-electron chi connectivity index (χ0n) is 14.9. The van der Waals surface area contributed by atoms with Gasteiger partial charge in [-0.05, 0) is 24.3 Å². The predicted octanol–water partition coefficient (Wildman–Crippen LogP) is 5.27. The summed E-state index contributed by atoms with van der Waals surface area (Å²) in [6, 6.07) is 7.14. The van der Waals surface area contributed by atoms with Gasteiger partial charge in [0, 0.05) is 11.9 Å². The van der Waals surface area contributed by atoms with Crippen molar-refractivity contribution in [2.75, 3.05) is 11.4 Å². The Bertz CT molecular complexity index is 1060. The average Bonchev–Trinajstić information content (AvgIpc) is 3.14. The summed E-state index contributed by atoms with van der Waals surface area (Å²) in [6.45, 7) is 4.67. The minimum Gasteiger partial charge on any atom is -0.417 e. The van der Waals surface area contributed by atoms with Crippen LogP contribution in [-0.2, 0) is 12.7 Å². The van der Waals surface area contributed by atoms with E-state index in [1.165, 1.54) is 6.20 Å². The van der Waals surface area contributed by atoms with Crippen LogP contribution in [0.2, 0.25) is 0 Å². The number of benzene rings is 1. The summed E-state index contributed by atoms with van der Waals surface area (Å²) in [5.41, 5.74) is -2.15. The third-order valence-corrected chi connectivity index (χ3v) is 3.82. The number of halogens is 6. The van der Waals surface area contributed by atoms with Gasteiger partial charge in [-0.25, -0.2) is 4.85 Å². The first-order chi connectivity index (χ1) is 14.1. The fourth-order valence-electron chi connectivity index (χ4n) is 2.57. The second-order valence-electron chi connectivity index (χ2n) is 6.00. The molecule has 0 atom stereocenters. The van der Waals surface area contributed by atoms with E-state index in [1.807, 2.05) is 0 Å². The highest BCUT2D eigenvalue weighted by Gasteiger charge is 2.36. The lowest BCUT2D eigenvalue weighted by atomic mass is 10.1. The molecule has 156 valence electrons. The number of aromatic nitrogens is 3. The molecule has 3 aromatic rings. The summed E-state index contributed by atoms with van der Waals surface area (Å²) in [7, 11) is 0. The van der Waals surface area contributed by atoms with Gasteiger partial charge in [0.25, 0.3) is 5.89 Å². The van der Waals surface area contributed by atoms with Crippen LogP contribution in [0.4, 0.5) is 37.7 Å². The Morgan fingerprint density at radius 2 is 1.80 bits per heavy atom. The van der Waals surface area contributed by atoms with E-state index in [4.69, 9.17) is 11.0 Å². The average molecular weight is 427 g/mol. The SMILES string of the molecule is [C-]#[N+]c1ccc(N(Cc2nnc(-c3ccccn3)o2)CC(F)(F)F)cc1C(F)(F)F. The van der Waals surface area contributed by atoms with Gasteiger partial charge in [-0.2, -0.15) is 26.3 Å². The maximum atomic E-state index is 13.2. The van der Waals surface area contributed by atoms with Crippen molar-refractivity contribution in [2.45, 2.75) is 18.9 Å². The fourth-order valence-corrected chi connectivity index (χ4v) is 2.57. The summed E-state index contributed by atoms with van der Waals surface area (Å²) in [6.07, 6.45) is -8.18. The molecule has 0 N–H and O–H groups in total. The Labute approximate surface area is 165 Å². The van der Waals surface area contributed by atoms with Crippen LogP contribution in [-0.4, -0.2) is 27.9 Å². The van der Waals surface area contributed by atoms with Crippen LogP contribution in [0, 0.1) is 6.57 Å². The van der Waals surface area contributed by atoms with E-state index >= 15 is 0 Å². The van der Waals surface area contributed by atoms with E-state index in [0.29, 0.717) is 16.7 Å². The van der Waals surface area contributed by atoms with E-state index in [9.17, 15) is 26.3 Å². The molecule has 0 amide bonds. The number of alkyl halides is 6. The molecule has 0 aliphatic rings. The lowest BCUT2D eigenvalue weighted by Gasteiger charge is -2.25. The largest absolute Gasteiger partial charge is 0.417 e. The molecule has 0 saturated carbocycles. The van der Waals surface area contributed by atoms with Gasteiger partial charge in [0.2, 0.25) is 5.89 Å². The van der Waals surface area contributed by atoms with E-state index in [-0.39, 0.29) is 11.8 Å². The molecule has 1 aromatic carbocycles. The predicted molar refractivity (Wildman–Crippen MR) is 92.3 cm³/mol. The van der Waals surface area contributed by atoms with Gasteiger partial charge in [-0.1, -0.05) is 12.1 Å². The van der Waals surface area contributed by atoms with Crippen molar-refractivity contribution < 1.29 is 30.8 Å². The van der Waals surface area contributed by atoms with Crippen molar-refractivity contribution in [1.29, 1.82) is 0 Å². The van der Waals surface area contributed by atoms with Crippen LogP contribution < -0.4 is 4.90 Å². The molecule has 3 rings (SSSR count). The van der Waals surface area contributed by atoms with Gasteiger partial charge >= 0.3 is 12.4 Å². The third kappa shape index (κ3) is 5.05. The Morgan fingerprint density at radius 1 is 1.03 bits per heavy atom. The zero-order valence-corrected chi connectivity index (χ0v) is 14.9. The molecular weight excluding hydrogens is 416 g/mol. The highest BCUT2D eigenvalue weighted by atomic mass is 19.4. The molecule has 0 saturated heterocycles. The molecule has 30 heavy (non-hydrogen) atoms. The lowest BCUT2D eigenvalue weighted by Crippen LogP contribution is -2.34. The molecule has 12 heteroatoms. The highest BCUT2D eigenvalue weighted by Crippen LogP contribution is 2.39. The van der Waals surface area contributed by atoms with E-state index in [1.54, 1.807) is 18.2 Å². The maximum Gasteiger partial charge on any atom is 0.407 e. The first-order valence-electron chi connectivity index (χ1n) is 8.21. The summed E-state index contributed by atoms with van der Waals surface area (Å²) >= 11 is 0. The summed E-state index contributed by atoms with van der Waals surface area (Å²) < 4.78 is 84.1. The molecule has 0 aliphatic carbocycles. The second kappa shape index (κ2) is 8.02. The van der Waals surface area contributed by atoms with Crippen molar-refractivity contribution in [2.24, 2.45) is 0 Å². The second-order valence-corrected chi connectivity index (χ2v) is 6.00. The van der Waals surface area contributed by atoms with E-state index < -0.39 is 42.4 Å². The van der Waals surface area contributed by atoms with Crippen LogP contribution in [0.15, 0.2) is 47.0 Å². The van der Waals surface area contributed by atoms with Crippen molar-refractivity contribution in [3.8, 4) is 11.6 Å². The van der Waals surface area contributed by atoms with Crippen molar-refractivity contribution in [1.82, 2.24) is 15.2 Å². The molecule has 2 aromatic heterocycles. The molecule has 6 nitrogen and oxygen atoms in total. The summed E-state index contributed by atoms with van der Waals surface area (Å²) in [4.78, 5) is 7.36. The van der Waals surface area contributed by atoms with Crippen molar-refractivity contribution in [3.63, 3.8) is 0 Å². The topological polar surface area (TPSA) is 59.4 Å². The van der Waals surface area contributed by atoms with Crippen LogP contribution in [0.25, 0.3) is 16.4 Å². The minimum absolute atomic E-state index is 0.0445. The number of hydrogen-bond acceptors (Lipinski definition) is 5. The van der Waals surface area contributed by atoms with Crippen molar-refractivity contribution >= 4 is 11.4 Å². The van der Waals surface area contributed by atoms with Crippen LogP contribution in [0.1, 0.15) is 11.5 Å². The minimum atomic E-state index is -4.91. The number of pyridine rings is 1. The smallest absolute Gasteiger partial charge is 0.407 e. The maximum absolute atomic E-state index is 13.2. The van der Waals surface area contributed by atoms with Gasteiger partial charge in [-0.15, -0.1) is 10.2 Å². The first kappa shape index (κ1) is 21.1. The fraction of sp³-hybridized carbons (Fsp3) is 0.222.